The second-order valence-electron chi connectivity index (χ2n) is 6.61. The molecule has 0 aromatic heterocycles. The maximum Gasteiger partial charge on any atom is 0.331 e. The van der Waals surface area contributed by atoms with Crippen molar-refractivity contribution in [2.24, 2.45) is 5.41 Å². The fourth-order valence-corrected chi connectivity index (χ4v) is 3.55. The number of rotatable bonds is 3. The third-order valence-corrected chi connectivity index (χ3v) is 4.64. The first-order valence-electron chi connectivity index (χ1n) is 7.55. The van der Waals surface area contributed by atoms with Crippen LogP contribution in [-0.4, -0.2) is 28.3 Å². The van der Waals surface area contributed by atoms with Crippen molar-refractivity contribution in [1.29, 1.82) is 0 Å². The minimum absolute atomic E-state index is 0.288. The van der Waals surface area contributed by atoms with Gasteiger partial charge in [-0.25, -0.2) is 4.79 Å². The topological polar surface area (TPSA) is 66.5 Å². The monoisotopic (exact) mass is 280 g/mol. The number of amides is 4. The lowest BCUT2D eigenvalue weighted by molar-refractivity contribution is -0.157. The van der Waals surface area contributed by atoms with Crippen LogP contribution in [0.4, 0.5) is 4.79 Å². The van der Waals surface area contributed by atoms with E-state index < -0.39 is 22.9 Å². The van der Waals surface area contributed by atoms with Gasteiger partial charge in [0.15, 0.2) is 0 Å². The Morgan fingerprint density at radius 1 is 1.15 bits per heavy atom. The summed E-state index contributed by atoms with van der Waals surface area (Å²) in [7, 11) is 0. The van der Waals surface area contributed by atoms with Gasteiger partial charge in [-0.3, -0.25) is 19.8 Å². The molecule has 112 valence electrons. The van der Waals surface area contributed by atoms with E-state index in [0.29, 0.717) is 12.8 Å². The summed E-state index contributed by atoms with van der Waals surface area (Å²) in [5.74, 6) is -0.680. The van der Waals surface area contributed by atoms with Crippen LogP contribution in [0.1, 0.15) is 65.7 Å². The van der Waals surface area contributed by atoms with Crippen molar-refractivity contribution in [1.82, 2.24) is 10.2 Å². The van der Waals surface area contributed by atoms with Crippen LogP contribution in [0, 0.1) is 5.41 Å². The summed E-state index contributed by atoms with van der Waals surface area (Å²) in [5, 5.41) is 2.41. The van der Waals surface area contributed by atoms with Crippen molar-refractivity contribution in [3.8, 4) is 0 Å². The Morgan fingerprint density at radius 2 is 1.75 bits per heavy atom. The Bertz CT molecular complexity index is 436. The van der Waals surface area contributed by atoms with Crippen LogP contribution in [0.3, 0.4) is 0 Å². The van der Waals surface area contributed by atoms with Gasteiger partial charge in [-0.15, -0.1) is 0 Å². The zero-order valence-corrected chi connectivity index (χ0v) is 12.6. The van der Waals surface area contributed by atoms with E-state index in [1.165, 1.54) is 4.90 Å². The first kappa shape index (κ1) is 15.0. The highest BCUT2D eigenvalue weighted by molar-refractivity contribution is 6.19. The van der Waals surface area contributed by atoms with Gasteiger partial charge in [-0.2, -0.15) is 0 Å². The SMILES string of the molecule is CCCC(C)(C)N1C(=O)NC(=O)C2(CCCCC2)C1=O. The highest BCUT2D eigenvalue weighted by Gasteiger charge is 2.56. The molecule has 1 saturated carbocycles. The van der Waals surface area contributed by atoms with Gasteiger partial charge in [-0.1, -0.05) is 32.6 Å². The van der Waals surface area contributed by atoms with E-state index in [4.69, 9.17) is 0 Å². The number of carbonyl (C=O) groups excluding carboxylic acids is 3. The summed E-state index contributed by atoms with van der Waals surface area (Å²) in [6.45, 7) is 5.80. The second-order valence-corrected chi connectivity index (χ2v) is 6.61. The van der Waals surface area contributed by atoms with Gasteiger partial charge in [0.25, 0.3) is 0 Å². The third kappa shape index (κ3) is 2.23. The molecule has 1 spiro atoms. The lowest BCUT2D eigenvalue weighted by Gasteiger charge is -2.47. The van der Waals surface area contributed by atoms with E-state index >= 15 is 0 Å². The molecule has 2 rings (SSSR count). The predicted molar refractivity (Wildman–Crippen MR) is 74.9 cm³/mol. The predicted octanol–water partition coefficient (Wildman–Crippen LogP) is 2.59. The van der Waals surface area contributed by atoms with Gasteiger partial charge in [0.1, 0.15) is 5.41 Å². The van der Waals surface area contributed by atoms with Gasteiger partial charge >= 0.3 is 6.03 Å². The highest BCUT2D eigenvalue weighted by Crippen LogP contribution is 2.42. The number of nitrogens with zero attached hydrogens (tertiary/aromatic N) is 1. The number of carbonyl (C=O) groups is 3. The van der Waals surface area contributed by atoms with Crippen LogP contribution in [-0.2, 0) is 9.59 Å². The van der Waals surface area contributed by atoms with Crippen LogP contribution < -0.4 is 5.32 Å². The number of hydrogen-bond donors (Lipinski definition) is 1. The van der Waals surface area contributed by atoms with Crippen molar-refractivity contribution in [3.63, 3.8) is 0 Å². The Morgan fingerprint density at radius 3 is 2.30 bits per heavy atom. The zero-order valence-electron chi connectivity index (χ0n) is 12.6. The van der Waals surface area contributed by atoms with E-state index in [1.807, 2.05) is 20.8 Å². The fraction of sp³-hybridized carbons (Fsp3) is 0.800. The van der Waals surface area contributed by atoms with E-state index in [0.717, 1.165) is 32.1 Å². The normalized spacial score (nSPS) is 23.1. The number of imide groups is 2. The molecule has 0 bridgehead atoms. The lowest BCUT2D eigenvalue weighted by Crippen LogP contribution is -2.68. The summed E-state index contributed by atoms with van der Waals surface area (Å²) in [5.41, 5.74) is -1.56. The molecule has 2 aliphatic rings. The molecule has 0 aromatic carbocycles. The minimum atomic E-state index is -1.00. The van der Waals surface area contributed by atoms with Crippen LogP contribution in [0.15, 0.2) is 0 Å². The molecule has 4 amide bonds. The largest absolute Gasteiger partial charge is 0.331 e. The van der Waals surface area contributed by atoms with Gasteiger partial charge < -0.3 is 0 Å². The smallest absolute Gasteiger partial charge is 0.277 e. The molecule has 20 heavy (non-hydrogen) atoms. The molecule has 1 heterocycles. The Hall–Kier alpha value is -1.39. The van der Waals surface area contributed by atoms with Crippen molar-refractivity contribution < 1.29 is 14.4 Å². The van der Waals surface area contributed by atoms with Crippen LogP contribution >= 0.6 is 0 Å². The number of barbiturate groups is 1. The zero-order chi connectivity index (χ0) is 15.0. The molecule has 1 aliphatic heterocycles. The minimum Gasteiger partial charge on any atom is -0.277 e. The maximum atomic E-state index is 12.9. The number of hydrogen-bond acceptors (Lipinski definition) is 3. The fourth-order valence-electron chi connectivity index (χ4n) is 3.55. The highest BCUT2D eigenvalue weighted by atomic mass is 16.2. The molecule has 2 fully saturated rings. The first-order chi connectivity index (χ1) is 9.35. The van der Waals surface area contributed by atoms with Crippen molar-refractivity contribution in [2.45, 2.75) is 71.3 Å². The van der Waals surface area contributed by atoms with Crippen LogP contribution in [0.5, 0.6) is 0 Å². The Labute approximate surface area is 120 Å². The third-order valence-electron chi connectivity index (χ3n) is 4.64. The van der Waals surface area contributed by atoms with Crippen molar-refractivity contribution in [2.75, 3.05) is 0 Å². The summed E-state index contributed by atoms with van der Waals surface area (Å²) in [6, 6.07) is -0.561. The number of urea groups is 1. The summed E-state index contributed by atoms with van der Waals surface area (Å²) >= 11 is 0. The number of nitrogens with one attached hydrogen (secondary N) is 1. The molecular formula is C15H24N2O3. The average Bonchev–Trinajstić information content (AvgIpc) is 2.37. The molecule has 0 unspecified atom stereocenters. The van der Waals surface area contributed by atoms with Gasteiger partial charge in [-0.05, 0) is 33.1 Å². The Balaban J connectivity index is 2.36. The molecule has 1 aliphatic carbocycles. The van der Waals surface area contributed by atoms with Crippen LogP contribution in [0.25, 0.3) is 0 Å². The van der Waals surface area contributed by atoms with Crippen LogP contribution in [0.2, 0.25) is 0 Å². The molecular weight excluding hydrogens is 256 g/mol. The maximum absolute atomic E-state index is 12.9. The van der Waals surface area contributed by atoms with Gasteiger partial charge in [0, 0.05) is 5.54 Å². The van der Waals surface area contributed by atoms with Crippen molar-refractivity contribution in [3.05, 3.63) is 0 Å². The van der Waals surface area contributed by atoms with E-state index in [2.05, 4.69) is 5.32 Å². The van der Waals surface area contributed by atoms with Gasteiger partial charge in [0.05, 0.1) is 0 Å². The van der Waals surface area contributed by atoms with Crippen molar-refractivity contribution >= 4 is 17.8 Å². The summed E-state index contributed by atoms with van der Waals surface area (Å²) in [4.78, 5) is 38.6. The molecule has 0 aromatic rings. The van der Waals surface area contributed by atoms with E-state index in [9.17, 15) is 14.4 Å². The Kier molecular flexibility index (Phi) is 3.89. The molecule has 1 N–H and O–H groups in total. The molecule has 1 saturated heterocycles. The molecule has 5 nitrogen and oxygen atoms in total. The molecule has 5 heteroatoms. The second kappa shape index (κ2) is 5.19. The quantitative estimate of drug-likeness (QED) is 0.808. The first-order valence-corrected chi connectivity index (χ1v) is 7.55. The average molecular weight is 280 g/mol. The standard InChI is InChI=1S/C15H24N2O3/c1-4-8-14(2,3)17-12(19)15(9-6-5-7-10-15)11(18)16-13(17)20/h4-10H2,1-3H3,(H,16,18,20). The summed E-state index contributed by atoms with van der Waals surface area (Å²) < 4.78 is 0. The lowest BCUT2D eigenvalue weighted by atomic mass is 9.70. The molecule has 0 radical (unpaired) electrons. The van der Waals surface area contributed by atoms with E-state index in [-0.39, 0.29) is 5.91 Å². The summed E-state index contributed by atoms with van der Waals surface area (Å²) in [6.07, 6.45) is 5.52. The molecule has 0 atom stereocenters. The van der Waals surface area contributed by atoms with Gasteiger partial charge in [0.2, 0.25) is 11.8 Å². The van der Waals surface area contributed by atoms with E-state index in [1.54, 1.807) is 0 Å².